The number of nitrogens with zero attached hydrogens (tertiary/aromatic N) is 2. The number of halogens is 1. The van der Waals surface area contributed by atoms with Gasteiger partial charge in [-0.05, 0) is 20.1 Å². The highest BCUT2D eigenvalue weighted by Gasteiger charge is 2.20. The summed E-state index contributed by atoms with van der Waals surface area (Å²) < 4.78 is -0.0178. The van der Waals surface area contributed by atoms with Gasteiger partial charge < -0.3 is 5.32 Å². The summed E-state index contributed by atoms with van der Waals surface area (Å²) in [5.74, 6) is 0.529. The molecular formula is C13H20ClN3OS. The van der Waals surface area contributed by atoms with Crippen LogP contribution >= 0.6 is 23.4 Å². The summed E-state index contributed by atoms with van der Waals surface area (Å²) in [5, 5.41) is 3.14. The monoisotopic (exact) mass is 301 g/mol. The second kappa shape index (κ2) is 6.57. The van der Waals surface area contributed by atoms with E-state index in [1.165, 1.54) is 6.20 Å². The highest BCUT2D eigenvalue weighted by Crippen LogP contribution is 2.20. The van der Waals surface area contributed by atoms with E-state index in [-0.39, 0.29) is 27.3 Å². The van der Waals surface area contributed by atoms with Gasteiger partial charge in [-0.15, -0.1) is 0 Å². The second-order valence-corrected chi connectivity index (χ2v) is 7.15. The second-order valence-electron chi connectivity index (χ2n) is 5.23. The lowest BCUT2D eigenvalue weighted by Gasteiger charge is -2.22. The third-order valence-electron chi connectivity index (χ3n) is 2.72. The minimum absolute atomic E-state index is 0.0178. The van der Waals surface area contributed by atoms with Gasteiger partial charge in [0.25, 0.3) is 5.91 Å². The Bertz CT molecular complexity index is 463. The topological polar surface area (TPSA) is 54.9 Å². The first kappa shape index (κ1) is 16.2. The molecule has 0 aliphatic heterocycles. The predicted molar refractivity (Wildman–Crippen MR) is 81.1 cm³/mol. The van der Waals surface area contributed by atoms with E-state index in [0.717, 1.165) is 0 Å². The lowest BCUT2D eigenvalue weighted by Crippen LogP contribution is -2.36. The summed E-state index contributed by atoms with van der Waals surface area (Å²) in [6, 6.07) is 0. The first-order valence-corrected chi connectivity index (χ1v) is 7.73. The van der Waals surface area contributed by atoms with Crippen molar-refractivity contribution in [3.05, 3.63) is 22.7 Å². The van der Waals surface area contributed by atoms with Crippen molar-refractivity contribution in [2.45, 2.75) is 38.4 Å². The molecule has 0 aliphatic carbocycles. The number of hydrogen-bond donors (Lipinski definition) is 1. The van der Waals surface area contributed by atoms with Crippen molar-refractivity contribution >= 4 is 29.3 Å². The van der Waals surface area contributed by atoms with Gasteiger partial charge >= 0.3 is 0 Å². The molecule has 0 radical (unpaired) electrons. The number of amides is 1. The van der Waals surface area contributed by atoms with Crippen molar-refractivity contribution < 1.29 is 4.79 Å². The molecule has 1 heterocycles. The Morgan fingerprint density at radius 1 is 1.53 bits per heavy atom. The van der Waals surface area contributed by atoms with Gasteiger partial charge in [0.15, 0.2) is 0 Å². The highest BCUT2D eigenvalue weighted by molar-refractivity contribution is 7.99. The van der Waals surface area contributed by atoms with Gasteiger partial charge in [-0.25, -0.2) is 9.97 Å². The molecule has 0 spiro atoms. The van der Waals surface area contributed by atoms with E-state index >= 15 is 0 Å². The molecule has 0 fully saturated rings. The number of carbonyl (C=O) groups is 1. The Balaban J connectivity index is 2.85. The van der Waals surface area contributed by atoms with Crippen molar-refractivity contribution in [2.24, 2.45) is 0 Å². The molecule has 0 saturated carbocycles. The van der Waals surface area contributed by atoms with Crippen molar-refractivity contribution in [2.75, 3.05) is 12.8 Å². The molecule has 106 valence electrons. The zero-order chi connectivity index (χ0) is 14.6. The molecule has 0 atom stereocenters. The van der Waals surface area contributed by atoms with E-state index in [1.54, 1.807) is 11.8 Å². The average Bonchev–Trinajstić information content (AvgIpc) is 2.36. The minimum atomic E-state index is -0.253. The van der Waals surface area contributed by atoms with Crippen molar-refractivity contribution in [3.63, 3.8) is 0 Å². The molecule has 1 aromatic heterocycles. The third kappa shape index (κ3) is 4.66. The lowest BCUT2D eigenvalue weighted by molar-refractivity contribution is 0.0945. The van der Waals surface area contributed by atoms with Crippen LogP contribution in [0.4, 0.5) is 0 Å². The van der Waals surface area contributed by atoms with E-state index in [2.05, 4.69) is 29.1 Å². The zero-order valence-corrected chi connectivity index (χ0v) is 13.5. The quantitative estimate of drug-likeness (QED) is 0.908. The molecule has 0 saturated heterocycles. The van der Waals surface area contributed by atoms with Gasteiger partial charge in [-0.2, -0.15) is 11.8 Å². The molecule has 4 nitrogen and oxygen atoms in total. The van der Waals surface area contributed by atoms with Crippen molar-refractivity contribution in [1.82, 2.24) is 15.3 Å². The predicted octanol–water partition coefficient (Wildman–Crippen LogP) is 3.12. The van der Waals surface area contributed by atoms with Crippen LogP contribution in [0.5, 0.6) is 0 Å². The van der Waals surface area contributed by atoms with Crippen LogP contribution in [0.1, 0.15) is 49.9 Å². The SMILES string of the molecule is CSC(C)(C)CNC(=O)c1nc(C(C)C)ncc1Cl. The average molecular weight is 302 g/mol. The molecule has 6 heteroatoms. The molecule has 1 N–H and O–H groups in total. The van der Waals surface area contributed by atoms with Gasteiger partial charge in [-0.3, -0.25) is 4.79 Å². The summed E-state index contributed by atoms with van der Waals surface area (Å²) >= 11 is 7.68. The summed E-state index contributed by atoms with van der Waals surface area (Å²) in [5.41, 5.74) is 0.247. The van der Waals surface area contributed by atoms with Gasteiger partial charge in [0, 0.05) is 17.2 Å². The molecule has 19 heavy (non-hydrogen) atoms. The molecule has 0 bridgehead atoms. The normalized spacial score (nSPS) is 11.7. The molecule has 1 amide bonds. The Morgan fingerprint density at radius 3 is 2.68 bits per heavy atom. The van der Waals surface area contributed by atoms with Crippen LogP contribution in [0.25, 0.3) is 0 Å². The van der Waals surface area contributed by atoms with Crippen LogP contribution in [0.3, 0.4) is 0 Å². The van der Waals surface area contributed by atoms with Crippen LogP contribution in [-0.4, -0.2) is 33.4 Å². The zero-order valence-electron chi connectivity index (χ0n) is 12.0. The number of rotatable bonds is 5. The van der Waals surface area contributed by atoms with Gasteiger partial charge in [0.2, 0.25) is 0 Å². The smallest absolute Gasteiger partial charge is 0.271 e. The van der Waals surface area contributed by atoms with E-state index in [0.29, 0.717) is 12.4 Å². The minimum Gasteiger partial charge on any atom is -0.349 e. The highest BCUT2D eigenvalue weighted by atomic mass is 35.5. The summed E-state index contributed by atoms with van der Waals surface area (Å²) in [4.78, 5) is 20.5. The lowest BCUT2D eigenvalue weighted by atomic mass is 10.2. The van der Waals surface area contributed by atoms with Crippen LogP contribution in [0.2, 0.25) is 5.02 Å². The summed E-state index contributed by atoms with van der Waals surface area (Å²) in [6.45, 7) is 8.64. The summed E-state index contributed by atoms with van der Waals surface area (Å²) in [7, 11) is 0. The van der Waals surface area contributed by atoms with E-state index in [9.17, 15) is 4.79 Å². The largest absolute Gasteiger partial charge is 0.349 e. The Morgan fingerprint density at radius 2 is 2.16 bits per heavy atom. The Hall–Kier alpha value is -0.810. The number of hydrogen-bond acceptors (Lipinski definition) is 4. The van der Waals surface area contributed by atoms with Crippen LogP contribution in [0, 0.1) is 0 Å². The fourth-order valence-corrected chi connectivity index (χ4v) is 1.66. The number of thioether (sulfide) groups is 1. The first-order chi connectivity index (χ1) is 8.76. The van der Waals surface area contributed by atoms with E-state index < -0.39 is 0 Å². The molecule has 1 aromatic rings. The molecular weight excluding hydrogens is 282 g/mol. The van der Waals surface area contributed by atoms with E-state index in [1.807, 2.05) is 20.1 Å². The van der Waals surface area contributed by atoms with Gasteiger partial charge in [0.1, 0.15) is 11.5 Å². The van der Waals surface area contributed by atoms with Crippen LogP contribution in [-0.2, 0) is 0 Å². The first-order valence-electron chi connectivity index (χ1n) is 6.12. The van der Waals surface area contributed by atoms with Crippen molar-refractivity contribution in [1.29, 1.82) is 0 Å². The third-order valence-corrected chi connectivity index (χ3v) is 4.25. The number of aromatic nitrogens is 2. The fraction of sp³-hybridized carbons (Fsp3) is 0.615. The summed E-state index contributed by atoms with van der Waals surface area (Å²) in [6.07, 6.45) is 3.50. The van der Waals surface area contributed by atoms with Gasteiger partial charge in [0.05, 0.1) is 11.2 Å². The Kier molecular flexibility index (Phi) is 5.62. The maximum Gasteiger partial charge on any atom is 0.271 e. The van der Waals surface area contributed by atoms with E-state index in [4.69, 9.17) is 11.6 Å². The number of nitrogens with one attached hydrogen (secondary N) is 1. The standard InChI is InChI=1S/C13H20ClN3OS/c1-8(2)11-15-6-9(14)10(17-11)12(18)16-7-13(3,4)19-5/h6,8H,7H2,1-5H3,(H,16,18). The number of carbonyl (C=O) groups excluding carboxylic acids is 1. The van der Waals surface area contributed by atoms with Gasteiger partial charge in [-0.1, -0.05) is 25.4 Å². The van der Waals surface area contributed by atoms with Crippen molar-refractivity contribution in [3.8, 4) is 0 Å². The van der Waals surface area contributed by atoms with Crippen LogP contribution in [0.15, 0.2) is 6.20 Å². The molecule has 1 rings (SSSR count). The Labute approximate surface area is 123 Å². The maximum absolute atomic E-state index is 12.1. The molecule has 0 aliphatic rings. The fourth-order valence-electron chi connectivity index (χ4n) is 1.27. The van der Waals surface area contributed by atoms with Crippen LogP contribution < -0.4 is 5.32 Å². The molecule has 0 unspecified atom stereocenters. The maximum atomic E-state index is 12.1. The molecule has 0 aromatic carbocycles.